The number of alkyl halides is 1. The van der Waals surface area contributed by atoms with Gasteiger partial charge in [0, 0.05) is 5.88 Å². The summed E-state index contributed by atoms with van der Waals surface area (Å²) in [6, 6.07) is 0. The molecule has 1 aliphatic carbocycles. The van der Waals surface area contributed by atoms with Crippen molar-refractivity contribution in [3.63, 3.8) is 0 Å². The molecule has 1 heteroatoms. The molecule has 0 nitrogen and oxygen atoms in total. The Morgan fingerprint density at radius 3 is 1.58 bits per heavy atom. The molecule has 1 aliphatic rings. The van der Waals surface area contributed by atoms with Gasteiger partial charge in [-0.3, -0.25) is 0 Å². The van der Waals surface area contributed by atoms with Crippen molar-refractivity contribution >= 4 is 11.6 Å². The predicted octanol–water partition coefficient (Wildman–Crippen LogP) is 4.37. The highest BCUT2D eigenvalue weighted by atomic mass is 35.5. The summed E-state index contributed by atoms with van der Waals surface area (Å²) in [6.45, 7) is 0. The molecule has 1 saturated carbocycles. The van der Waals surface area contributed by atoms with Crippen molar-refractivity contribution in [2.24, 2.45) is 5.92 Å². The van der Waals surface area contributed by atoms with Crippen LogP contribution in [0.4, 0.5) is 0 Å². The maximum Gasteiger partial charge on any atom is 0.0251 e. The van der Waals surface area contributed by atoms with Gasteiger partial charge in [0.2, 0.25) is 0 Å². The first-order valence-electron chi connectivity index (χ1n) is 5.49. The van der Waals surface area contributed by atoms with E-state index in [0.29, 0.717) is 0 Å². The molecular formula is C11H21Cl. The largest absolute Gasteiger partial charge is 0.126 e. The van der Waals surface area contributed by atoms with E-state index in [9.17, 15) is 0 Å². The normalized spacial score (nSPS) is 23.8. The van der Waals surface area contributed by atoms with Crippen molar-refractivity contribution in [3.05, 3.63) is 0 Å². The summed E-state index contributed by atoms with van der Waals surface area (Å²) in [5.74, 6) is 1.71. The van der Waals surface area contributed by atoms with Crippen LogP contribution in [0.15, 0.2) is 0 Å². The maximum atomic E-state index is 5.90. The van der Waals surface area contributed by atoms with Crippen LogP contribution < -0.4 is 0 Å². The van der Waals surface area contributed by atoms with Gasteiger partial charge in [-0.15, -0.1) is 11.6 Å². The molecule has 0 saturated heterocycles. The molecule has 0 spiro atoms. The highest BCUT2D eigenvalue weighted by Crippen LogP contribution is 2.21. The Morgan fingerprint density at radius 1 is 0.750 bits per heavy atom. The molecule has 0 bridgehead atoms. The fourth-order valence-electron chi connectivity index (χ4n) is 2.05. The summed E-state index contributed by atoms with van der Waals surface area (Å²) in [7, 11) is 0. The molecule has 0 heterocycles. The molecule has 0 N–H and O–H groups in total. The van der Waals surface area contributed by atoms with Crippen LogP contribution in [-0.2, 0) is 0 Å². The minimum Gasteiger partial charge on any atom is -0.126 e. The summed E-state index contributed by atoms with van der Waals surface area (Å²) < 4.78 is 0. The third-order valence-corrected chi connectivity index (χ3v) is 3.38. The summed E-state index contributed by atoms with van der Waals surface area (Å²) >= 11 is 5.90. The van der Waals surface area contributed by atoms with Crippen LogP contribution in [0, 0.1) is 5.92 Å². The minimum absolute atomic E-state index is 0.824. The fourth-order valence-corrected chi connectivity index (χ4v) is 2.36. The average molecular weight is 189 g/mol. The van der Waals surface area contributed by atoms with Crippen LogP contribution in [0.1, 0.15) is 57.8 Å². The quantitative estimate of drug-likeness (QED) is 0.537. The van der Waals surface area contributed by atoms with E-state index in [1.807, 2.05) is 0 Å². The molecular weight excluding hydrogens is 168 g/mol. The van der Waals surface area contributed by atoms with Crippen LogP contribution in [0.5, 0.6) is 0 Å². The van der Waals surface area contributed by atoms with Gasteiger partial charge in [0.25, 0.3) is 0 Å². The molecule has 0 unspecified atom stereocenters. The van der Waals surface area contributed by atoms with E-state index >= 15 is 0 Å². The zero-order valence-corrected chi connectivity index (χ0v) is 8.78. The van der Waals surface area contributed by atoms with Crippen molar-refractivity contribution in [2.75, 3.05) is 5.88 Å². The van der Waals surface area contributed by atoms with Crippen LogP contribution >= 0.6 is 11.6 Å². The molecule has 0 atom stereocenters. The first kappa shape index (κ1) is 10.4. The Bertz CT molecular complexity index is 91.2. The van der Waals surface area contributed by atoms with Gasteiger partial charge in [-0.1, -0.05) is 44.9 Å². The first-order valence-corrected chi connectivity index (χ1v) is 6.03. The number of rotatable bonds is 1. The Morgan fingerprint density at radius 2 is 1.17 bits per heavy atom. The van der Waals surface area contributed by atoms with Crippen molar-refractivity contribution in [2.45, 2.75) is 57.8 Å². The molecule has 0 aromatic carbocycles. The van der Waals surface area contributed by atoms with Crippen molar-refractivity contribution in [1.29, 1.82) is 0 Å². The SMILES string of the molecule is ClCC1CCCCCCCCC1. The van der Waals surface area contributed by atoms with Crippen LogP contribution in [0.3, 0.4) is 0 Å². The van der Waals surface area contributed by atoms with E-state index < -0.39 is 0 Å². The van der Waals surface area contributed by atoms with Gasteiger partial charge in [0.15, 0.2) is 0 Å². The monoisotopic (exact) mass is 188 g/mol. The van der Waals surface area contributed by atoms with Crippen molar-refractivity contribution in [3.8, 4) is 0 Å². The third kappa shape index (κ3) is 4.35. The van der Waals surface area contributed by atoms with E-state index in [1.54, 1.807) is 0 Å². The summed E-state index contributed by atoms with van der Waals surface area (Å²) in [5.41, 5.74) is 0. The van der Waals surface area contributed by atoms with Crippen LogP contribution in [-0.4, -0.2) is 5.88 Å². The zero-order chi connectivity index (χ0) is 8.65. The first-order chi connectivity index (χ1) is 5.93. The summed E-state index contributed by atoms with van der Waals surface area (Å²) in [4.78, 5) is 0. The highest BCUT2D eigenvalue weighted by Gasteiger charge is 2.07. The Balaban J connectivity index is 2.17. The van der Waals surface area contributed by atoms with Crippen molar-refractivity contribution < 1.29 is 0 Å². The molecule has 0 aliphatic heterocycles. The maximum absolute atomic E-state index is 5.90. The van der Waals surface area contributed by atoms with Gasteiger partial charge in [0.05, 0.1) is 0 Å². The zero-order valence-electron chi connectivity index (χ0n) is 8.03. The van der Waals surface area contributed by atoms with E-state index in [2.05, 4.69) is 0 Å². The Kier molecular flexibility index (Phi) is 5.85. The van der Waals surface area contributed by atoms with Gasteiger partial charge in [0.1, 0.15) is 0 Å². The Labute approximate surface area is 81.7 Å². The van der Waals surface area contributed by atoms with Gasteiger partial charge in [-0.2, -0.15) is 0 Å². The highest BCUT2D eigenvalue weighted by molar-refractivity contribution is 6.18. The standard InChI is InChI=1S/C11H21Cl/c12-10-11-8-6-4-2-1-3-5-7-9-11/h11H,1-10H2. The Hall–Kier alpha value is 0.290. The van der Waals surface area contributed by atoms with E-state index in [4.69, 9.17) is 11.6 Å². The minimum atomic E-state index is 0.824. The summed E-state index contributed by atoms with van der Waals surface area (Å²) in [6.07, 6.45) is 12.8. The average Bonchev–Trinajstić information content (AvgIpc) is 2.14. The second kappa shape index (κ2) is 6.77. The van der Waals surface area contributed by atoms with E-state index in [1.165, 1.54) is 57.8 Å². The number of hydrogen-bond donors (Lipinski definition) is 0. The molecule has 0 amide bonds. The smallest absolute Gasteiger partial charge is 0.0251 e. The van der Waals surface area contributed by atoms with Crippen LogP contribution in [0.25, 0.3) is 0 Å². The predicted molar refractivity (Wildman–Crippen MR) is 55.8 cm³/mol. The molecule has 1 rings (SSSR count). The molecule has 1 fully saturated rings. The summed E-state index contributed by atoms with van der Waals surface area (Å²) in [5, 5.41) is 0. The second-order valence-corrected chi connectivity index (χ2v) is 4.38. The molecule has 0 aromatic heterocycles. The third-order valence-electron chi connectivity index (χ3n) is 2.94. The fraction of sp³-hybridized carbons (Fsp3) is 1.00. The van der Waals surface area contributed by atoms with Gasteiger partial charge < -0.3 is 0 Å². The second-order valence-electron chi connectivity index (χ2n) is 4.07. The van der Waals surface area contributed by atoms with Crippen molar-refractivity contribution in [1.82, 2.24) is 0 Å². The van der Waals surface area contributed by atoms with E-state index in [-0.39, 0.29) is 0 Å². The number of halogens is 1. The van der Waals surface area contributed by atoms with Gasteiger partial charge >= 0.3 is 0 Å². The molecule has 0 aromatic rings. The topological polar surface area (TPSA) is 0 Å². The van der Waals surface area contributed by atoms with E-state index in [0.717, 1.165) is 11.8 Å². The molecule has 72 valence electrons. The lowest BCUT2D eigenvalue weighted by atomic mass is 9.94. The van der Waals surface area contributed by atoms with Gasteiger partial charge in [-0.25, -0.2) is 0 Å². The molecule has 12 heavy (non-hydrogen) atoms. The lowest BCUT2D eigenvalue weighted by Crippen LogP contribution is -2.03. The van der Waals surface area contributed by atoms with Gasteiger partial charge in [-0.05, 0) is 18.8 Å². The lowest BCUT2D eigenvalue weighted by molar-refractivity contribution is 0.418. The van der Waals surface area contributed by atoms with Crippen LogP contribution in [0.2, 0.25) is 0 Å². The number of hydrogen-bond acceptors (Lipinski definition) is 0. The lowest BCUT2D eigenvalue weighted by Gasteiger charge is -2.15. The molecule has 0 radical (unpaired) electrons.